The Morgan fingerprint density at radius 1 is 1.35 bits per heavy atom. The summed E-state index contributed by atoms with van der Waals surface area (Å²) in [5.74, 6) is 0. The maximum absolute atomic E-state index is 12.2. The monoisotopic (exact) mass is 299 g/mol. The predicted molar refractivity (Wildman–Crippen MR) is 81.9 cm³/mol. The van der Waals surface area contributed by atoms with Gasteiger partial charge in [0.25, 0.3) is 0 Å². The second-order valence-electron chi connectivity index (χ2n) is 4.95. The van der Waals surface area contributed by atoms with E-state index in [2.05, 4.69) is 23.5 Å². The van der Waals surface area contributed by atoms with Crippen LogP contribution in [0.5, 0.6) is 0 Å². The van der Waals surface area contributed by atoms with Crippen molar-refractivity contribution >= 4 is 10.0 Å². The van der Waals surface area contributed by atoms with Crippen LogP contribution < -0.4 is 10.5 Å². The topological polar surface area (TPSA) is 75.4 Å². The molecule has 5 nitrogen and oxygen atoms in total. The van der Waals surface area contributed by atoms with Crippen molar-refractivity contribution in [3.05, 3.63) is 29.8 Å². The summed E-state index contributed by atoms with van der Waals surface area (Å²) < 4.78 is 27.1. The first-order valence-electron chi connectivity index (χ1n) is 6.90. The van der Waals surface area contributed by atoms with E-state index in [9.17, 15) is 8.42 Å². The fourth-order valence-electron chi connectivity index (χ4n) is 1.90. The standard InChI is InChI=1S/C14H25N3O2S/c1-4-12(2)17(3)10-9-16-20(18,19)14-8-6-5-7-13(14)11-15/h5-8,12,16H,4,9-11,15H2,1-3H3. The first-order chi connectivity index (χ1) is 9.42. The second kappa shape index (κ2) is 7.73. The summed E-state index contributed by atoms with van der Waals surface area (Å²) in [4.78, 5) is 2.41. The van der Waals surface area contributed by atoms with Crippen molar-refractivity contribution in [2.75, 3.05) is 20.1 Å². The highest BCUT2D eigenvalue weighted by Crippen LogP contribution is 2.14. The number of likely N-dealkylation sites (N-methyl/N-ethyl adjacent to an activating group) is 1. The predicted octanol–water partition coefficient (Wildman–Crippen LogP) is 1.15. The molecule has 0 aromatic heterocycles. The number of hydrogen-bond donors (Lipinski definition) is 2. The van der Waals surface area contributed by atoms with Crippen molar-refractivity contribution in [3.63, 3.8) is 0 Å². The average Bonchev–Trinajstić information content (AvgIpc) is 2.45. The molecule has 0 bridgehead atoms. The highest BCUT2D eigenvalue weighted by Gasteiger charge is 2.17. The lowest BCUT2D eigenvalue weighted by molar-refractivity contribution is 0.256. The first kappa shape index (κ1) is 17.1. The van der Waals surface area contributed by atoms with Crippen LogP contribution in [0.3, 0.4) is 0 Å². The van der Waals surface area contributed by atoms with Crippen molar-refractivity contribution in [1.82, 2.24) is 9.62 Å². The highest BCUT2D eigenvalue weighted by atomic mass is 32.2. The smallest absolute Gasteiger partial charge is 0.240 e. The van der Waals surface area contributed by atoms with Gasteiger partial charge in [0.1, 0.15) is 0 Å². The Morgan fingerprint density at radius 3 is 2.60 bits per heavy atom. The molecule has 1 aromatic rings. The minimum absolute atomic E-state index is 0.212. The molecule has 0 amide bonds. The zero-order valence-corrected chi connectivity index (χ0v) is 13.3. The number of nitrogens with two attached hydrogens (primary N) is 1. The summed E-state index contributed by atoms with van der Waals surface area (Å²) in [6.45, 7) is 5.52. The Hall–Kier alpha value is -0.950. The van der Waals surface area contributed by atoms with Gasteiger partial charge in [0.15, 0.2) is 0 Å². The van der Waals surface area contributed by atoms with Crippen molar-refractivity contribution in [2.24, 2.45) is 5.73 Å². The van der Waals surface area contributed by atoms with E-state index in [1.807, 2.05) is 7.05 Å². The maximum atomic E-state index is 12.2. The molecule has 0 heterocycles. The largest absolute Gasteiger partial charge is 0.326 e. The summed E-state index contributed by atoms with van der Waals surface area (Å²) in [6.07, 6.45) is 1.04. The molecule has 1 atom stereocenters. The van der Waals surface area contributed by atoms with Gasteiger partial charge in [-0.25, -0.2) is 13.1 Å². The minimum atomic E-state index is -3.49. The molecule has 1 rings (SSSR count). The van der Waals surface area contributed by atoms with Crippen LogP contribution in [0.4, 0.5) is 0 Å². The third-order valence-corrected chi connectivity index (χ3v) is 5.14. The molecule has 0 saturated carbocycles. The molecule has 0 aliphatic carbocycles. The summed E-state index contributed by atoms with van der Waals surface area (Å²) in [5.41, 5.74) is 6.22. The molecule has 114 valence electrons. The van der Waals surface area contributed by atoms with Crippen LogP contribution in [0.1, 0.15) is 25.8 Å². The van der Waals surface area contributed by atoms with Crippen molar-refractivity contribution in [3.8, 4) is 0 Å². The molecule has 1 unspecified atom stereocenters. The van der Waals surface area contributed by atoms with Gasteiger partial charge in [-0.1, -0.05) is 25.1 Å². The first-order valence-corrected chi connectivity index (χ1v) is 8.38. The van der Waals surface area contributed by atoms with Crippen LogP contribution in [-0.4, -0.2) is 39.5 Å². The zero-order chi connectivity index (χ0) is 15.2. The number of nitrogens with one attached hydrogen (secondary N) is 1. The Balaban J connectivity index is 2.67. The van der Waals surface area contributed by atoms with Crippen LogP contribution in [0.15, 0.2) is 29.2 Å². The molecular formula is C14H25N3O2S. The molecule has 0 aliphatic heterocycles. The summed E-state index contributed by atoms with van der Waals surface area (Å²) in [5, 5.41) is 0. The van der Waals surface area contributed by atoms with Crippen LogP contribution >= 0.6 is 0 Å². The molecule has 0 aliphatic rings. The van der Waals surface area contributed by atoms with Gasteiger partial charge in [-0.05, 0) is 32.0 Å². The van der Waals surface area contributed by atoms with E-state index < -0.39 is 10.0 Å². The summed E-state index contributed by atoms with van der Waals surface area (Å²) in [6, 6.07) is 7.26. The molecule has 0 saturated heterocycles. The van der Waals surface area contributed by atoms with E-state index in [4.69, 9.17) is 5.73 Å². The van der Waals surface area contributed by atoms with Gasteiger partial charge in [0.05, 0.1) is 4.90 Å². The molecule has 6 heteroatoms. The molecule has 1 aromatic carbocycles. The van der Waals surface area contributed by atoms with E-state index in [0.29, 0.717) is 24.7 Å². The molecule has 3 N–H and O–H groups in total. The van der Waals surface area contributed by atoms with Gasteiger partial charge in [-0.3, -0.25) is 0 Å². The molecule has 0 spiro atoms. The van der Waals surface area contributed by atoms with Gasteiger partial charge in [-0.2, -0.15) is 0 Å². The summed E-state index contributed by atoms with van der Waals surface area (Å²) >= 11 is 0. The van der Waals surface area contributed by atoms with Crippen molar-refractivity contribution in [2.45, 2.75) is 37.8 Å². The fourth-order valence-corrected chi connectivity index (χ4v) is 3.17. The zero-order valence-electron chi connectivity index (χ0n) is 12.5. The van der Waals surface area contributed by atoms with Crippen LogP contribution in [-0.2, 0) is 16.6 Å². The SMILES string of the molecule is CCC(C)N(C)CCNS(=O)(=O)c1ccccc1CN. The quantitative estimate of drug-likeness (QED) is 0.755. The van der Waals surface area contributed by atoms with Gasteiger partial charge in [0, 0.05) is 25.7 Å². The van der Waals surface area contributed by atoms with E-state index in [1.54, 1.807) is 24.3 Å². The van der Waals surface area contributed by atoms with Crippen LogP contribution in [0, 0.1) is 0 Å². The third-order valence-electron chi connectivity index (χ3n) is 3.58. The lowest BCUT2D eigenvalue weighted by Crippen LogP contribution is -2.37. The van der Waals surface area contributed by atoms with Gasteiger partial charge < -0.3 is 10.6 Å². The van der Waals surface area contributed by atoms with Crippen molar-refractivity contribution < 1.29 is 8.42 Å². The molecule has 0 fully saturated rings. The highest BCUT2D eigenvalue weighted by molar-refractivity contribution is 7.89. The Bertz CT molecular complexity index is 517. The second-order valence-corrected chi connectivity index (χ2v) is 6.68. The number of nitrogens with zero attached hydrogens (tertiary/aromatic N) is 1. The third kappa shape index (κ3) is 4.56. The van der Waals surface area contributed by atoms with Gasteiger partial charge >= 0.3 is 0 Å². The van der Waals surface area contributed by atoms with Crippen molar-refractivity contribution in [1.29, 1.82) is 0 Å². The lowest BCUT2D eigenvalue weighted by Gasteiger charge is -2.23. The minimum Gasteiger partial charge on any atom is -0.326 e. The fraction of sp³-hybridized carbons (Fsp3) is 0.571. The number of rotatable bonds is 8. The van der Waals surface area contributed by atoms with E-state index in [1.165, 1.54) is 0 Å². The average molecular weight is 299 g/mol. The Morgan fingerprint density at radius 2 is 2.00 bits per heavy atom. The lowest BCUT2D eigenvalue weighted by atomic mass is 10.2. The maximum Gasteiger partial charge on any atom is 0.240 e. The Labute approximate surface area is 122 Å². The number of sulfonamides is 1. The normalized spacial score (nSPS) is 13.7. The molecule has 20 heavy (non-hydrogen) atoms. The van der Waals surface area contributed by atoms with E-state index in [-0.39, 0.29) is 11.4 Å². The summed E-state index contributed by atoms with van der Waals surface area (Å²) in [7, 11) is -1.49. The number of hydrogen-bond acceptors (Lipinski definition) is 4. The molecular weight excluding hydrogens is 274 g/mol. The van der Waals surface area contributed by atoms with Gasteiger partial charge in [0.2, 0.25) is 10.0 Å². The van der Waals surface area contributed by atoms with E-state index in [0.717, 1.165) is 6.42 Å². The van der Waals surface area contributed by atoms with Crippen LogP contribution in [0.2, 0.25) is 0 Å². The molecule has 0 radical (unpaired) electrons. The number of benzene rings is 1. The Kier molecular flexibility index (Phi) is 6.61. The van der Waals surface area contributed by atoms with Crippen LogP contribution in [0.25, 0.3) is 0 Å². The van der Waals surface area contributed by atoms with E-state index >= 15 is 0 Å². The van der Waals surface area contributed by atoms with Gasteiger partial charge in [-0.15, -0.1) is 0 Å².